The van der Waals surface area contributed by atoms with Crippen LogP contribution in [0.1, 0.15) is 17.4 Å². The van der Waals surface area contributed by atoms with E-state index in [0.717, 1.165) is 0 Å². The molecule has 0 radical (unpaired) electrons. The fourth-order valence-electron chi connectivity index (χ4n) is 1.28. The molecule has 2 rings (SSSR count). The topological polar surface area (TPSA) is 63.8 Å². The van der Waals surface area contributed by atoms with Crippen molar-refractivity contribution >= 4 is 11.6 Å². The number of pyridine rings is 1. The normalized spacial score (nSPS) is 10.5. The highest BCUT2D eigenvalue weighted by atomic mass is 16.5. The molecule has 0 unspecified atom stereocenters. The first-order valence-corrected chi connectivity index (χ1v) is 4.55. The van der Waals surface area contributed by atoms with Crippen molar-refractivity contribution in [2.75, 3.05) is 6.61 Å². The number of hydrogen-bond donors (Lipinski definition) is 1. The Kier molecular flexibility index (Phi) is 2.29. The summed E-state index contributed by atoms with van der Waals surface area (Å²) in [5.74, 6) is -0.337. The zero-order chi connectivity index (χ0) is 10.8. The monoisotopic (exact) mass is 206 g/mol. The Labute approximate surface area is 85.9 Å². The SMILES string of the molecule is CCOC(=O)c1cn2cc(O)ccc2n1. The Balaban J connectivity index is 2.42. The van der Waals surface area contributed by atoms with E-state index in [1.807, 2.05) is 0 Å². The molecular weight excluding hydrogens is 196 g/mol. The van der Waals surface area contributed by atoms with E-state index in [0.29, 0.717) is 12.3 Å². The summed E-state index contributed by atoms with van der Waals surface area (Å²) in [6.45, 7) is 2.05. The van der Waals surface area contributed by atoms with E-state index >= 15 is 0 Å². The summed E-state index contributed by atoms with van der Waals surface area (Å²) in [5, 5.41) is 9.22. The quantitative estimate of drug-likeness (QED) is 0.750. The van der Waals surface area contributed by atoms with Crippen LogP contribution in [0.25, 0.3) is 5.65 Å². The lowest BCUT2D eigenvalue weighted by Gasteiger charge is -1.95. The average molecular weight is 206 g/mol. The second-order valence-electron chi connectivity index (χ2n) is 3.00. The number of nitrogens with zero attached hydrogens (tertiary/aromatic N) is 2. The zero-order valence-corrected chi connectivity index (χ0v) is 8.17. The molecule has 0 bridgehead atoms. The van der Waals surface area contributed by atoms with Crippen LogP contribution in [0.15, 0.2) is 24.5 Å². The minimum atomic E-state index is -0.458. The van der Waals surface area contributed by atoms with Crippen LogP contribution in [0.4, 0.5) is 0 Å². The molecule has 0 aliphatic rings. The summed E-state index contributed by atoms with van der Waals surface area (Å²) in [7, 11) is 0. The predicted molar refractivity (Wildman–Crippen MR) is 52.8 cm³/mol. The van der Waals surface area contributed by atoms with Crippen molar-refractivity contribution in [3.05, 3.63) is 30.2 Å². The van der Waals surface area contributed by atoms with Crippen LogP contribution in [0.5, 0.6) is 5.75 Å². The third kappa shape index (κ3) is 1.76. The van der Waals surface area contributed by atoms with Gasteiger partial charge in [0.25, 0.3) is 0 Å². The van der Waals surface area contributed by atoms with Crippen molar-refractivity contribution in [1.82, 2.24) is 9.38 Å². The van der Waals surface area contributed by atoms with Gasteiger partial charge in [-0.1, -0.05) is 0 Å². The molecule has 0 spiro atoms. The van der Waals surface area contributed by atoms with Crippen LogP contribution in [-0.2, 0) is 4.74 Å². The molecule has 2 aromatic rings. The number of aromatic nitrogens is 2. The predicted octanol–water partition coefficient (Wildman–Crippen LogP) is 1.22. The molecule has 15 heavy (non-hydrogen) atoms. The van der Waals surface area contributed by atoms with Crippen molar-refractivity contribution in [3.8, 4) is 5.75 Å². The van der Waals surface area contributed by atoms with Gasteiger partial charge in [-0.05, 0) is 19.1 Å². The molecule has 5 heteroatoms. The van der Waals surface area contributed by atoms with E-state index in [2.05, 4.69) is 4.98 Å². The maximum atomic E-state index is 11.3. The first-order chi connectivity index (χ1) is 7.20. The summed E-state index contributed by atoms with van der Waals surface area (Å²) < 4.78 is 6.38. The highest BCUT2D eigenvalue weighted by molar-refractivity contribution is 5.87. The Morgan fingerprint density at radius 3 is 3.07 bits per heavy atom. The van der Waals surface area contributed by atoms with Gasteiger partial charge in [-0.2, -0.15) is 0 Å². The number of carbonyl (C=O) groups excluding carboxylic acids is 1. The van der Waals surface area contributed by atoms with Crippen molar-refractivity contribution in [2.24, 2.45) is 0 Å². The maximum absolute atomic E-state index is 11.3. The lowest BCUT2D eigenvalue weighted by atomic mass is 10.4. The Bertz CT molecular complexity index is 504. The number of rotatable bonds is 2. The van der Waals surface area contributed by atoms with Gasteiger partial charge in [0, 0.05) is 6.20 Å². The summed E-state index contributed by atoms with van der Waals surface area (Å²) in [4.78, 5) is 15.4. The minimum absolute atomic E-state index is 0.121. The second-order valence-corrected chi connectivity index (χ2v) is 3.00. The van der Waals surface area contributed by atoms with Gasteiger partial charge in [0.05, 0.1) is 12.8 Å². The van der Waals surface area contributed by atoms with Crippen LogP contribution in [0, 0.1) is 0 Å². The molecule has 0 saturated carbocycles. The molecule has 0 amide bonds. The number of fused-ring (bicyclic) bond motifs is 1. The first kappa shape index (κ1) is 9.51. The number of esters is 1. The van der Waals surface area contributed by atoms with Gasteiger partial charge in [-0.3, -0.25) is 0 Å². The van der Waals surface area contributed by atoms with Gasteiger partial charge in [-0.25, -0.2) is 9.78 Å². The Morgan fingerprint density at radius 2 is 2.33 bits per heavy atom. The van der Waals surface area contributed by atoms with Crippen LogP contribution >= 0.6 is 0 Å². The molecule has 2 aromatic heterocycles. The number of aromatic hydroxyl groups is 1. The molecular formula is C10H10N2O3. The van der Waals surface area contributed by atoms with Crippen LogP contribution in [0.2, 0.25) is 0 Å². The third-order valence-corrected chi connectivity index (χ3v) is 1.92. The van der Waals surface area contributed by atoms with Gasteiger partial charge in [0.15, 0.2) is 5.69 Å². The molecule has 0 saturated heterocycles. The first-order valence-electron chi connectivity index (χ1n) is 4.55. The van der Waals surface area contributed by atoms with Crippen molar-refractivity contribution in [3.63, 3.8) is 0 Å². The number of imidazole rings is 1. The Morgan fingerprint density at radius 1 is 1.53 bits per heavy atom. The zero-order valence-electron chi connectivity index (χ0n) is 8.17. The maximum Gasteiger partial charge on any atom is 0.358 e. The van der Waals surface area contributed by atoms with Gasteiger partial charge < -0.3 is 14.2 Å². The van der Waals surface area contributed by atoms with Gasteiger partial charge >= 0.3 is 5.97 Å². The van der Waals surface area contributed by atoms with E-state index in [1.54, 1.807) is 17.4 Å². The van der Waals surface area contributed by atoms with Crippen molar-refractivity contribution < 1.29 is 14.6 Å². The second kappa shape index (κ2) is 3.61. The van der Waals surface area contributed by atoms with Gasteiger partial charge in [-0.15, -0.1) is 0 Å². The largest absolute Gasteiger partial charge is 0.506 e. The van der Waals surface area contributed by atoms with Crippen molar-refractivity contribution in [2.45, 2.75) is 6.92 Å². The molecule has 0 aromatic carbocycles. The van der Waals surface area contributed by atoms with Gasteiger partial charge in [0.1, 0.15) is 11.4 Å². The summed E-state index contributed by atoms with van der Waals surface area (Å²) >= 11 is 0. The van der Waals surface area contributed by atoms with E-state index in [1.165, 1.54) is 18.5 Å². The average Bonchev–Trinajstić information content (AvgIpc) is 2.60. The molecule has 5 nitrogen and oxygen atoms in total. The van der Waals surface area contributed by atoms with Crippen LogP contribution in [-0.4, -0.2) is 27.1 Å². The lowest BCUT2D eigenvalue weighted by Crippen LogP contribution is -2.04. The third-order valence-electron chi connectivity index (χ3n) is 1.92. The number of hydrogen-bond acceptors (Lipinski definition) is 4. The van der Waals surface area contributed by atoms with E-state index in [9.17, 15) is 9.90 Å². The standard InChI is InChI=1S/C10H10N2O3/c1-2-15-10(14)8-6-12-5-7(13)3-4-9(12)11-8/h3-6,13H,2H2,1H3. The van der Waals surface area contributed by atoms with E-state index in [4.69, 9.17) is 4.74 Å². The summed E-state index contributed by atoms with van der Waals surface area (Å²) in [6, 6.07) is 3.13. The summed E-state index contributed by atoms with van der Waals surface area (Å²) in [5.41, 5.74) is 0.832. The molecule has 0 atom stereocenters. The molecule has 78 valence electrons. The molecule has 0 aliphatic heterocycles. The summed E-state index contributed by atoms with van der Waals surface area (Å²) in [6.07, 6.45) is 3.00. The molecule has 0 aliphatic carbocycles. The number of carbonyl (C=O) groups is 1. The number of ether oxygens (including phenoxy) is 1. The highest BCUT2D eigenvalue weighted by Gasteiger charge is 2.11. The molecule has 0 fully saturated rings. The molecule has 1 N–H and O–H groups in total. The van der Waals surface area contributed by atoms with Gasteiger partial charge in [0.2, 0.25) is 0 Å². The van der Waals surface area contributed by atoms with Crippen LogP contribution in [0.3, 0.4) is 0 Å². The highest BCUT2D eigenvalue weighted by Crippen LogP contribution is 2.12. The van der Waals surface area contributed by atoms with Crippen molar-refractivity contribution in [1.29, 1.82) is 0 Å². The molecule has 2 heterocycles. The van der Waals surface area contributed by atoms with E-state index in [-0.39, 0.29) is 11.4 Å². The fourth-order valence-corrected chi connectivity index (χ4v) is 1.28. The fraction of sp³-hybridized carbons (Fsp3) is 0.200. The van der Waals surface area contributed by atoms with Crippen LogP contribution < -0.4 is 0 Å². The smallest absolute Gasteiger partial charge is 0.358 e. The lowest BCUT2D eigenvalue weighted by molar-refractivity contribution is 0.0520. The van der Waals surface area contributed by atoms with E-state index < -0.39 is 5.97 Å². The minimum Gasteiger partial charge on any atom is -0.506 e. The Hall–Kier alpha value is -2.04.